The van der Waals surface area contributed by atoms with Crippen LogP contribution in [0, 0.1) is 5.92 Å². The van der Waals surface area contributed by atoms with Gasteiger partial charge in [0, 0.05) is 12.3 Å². The lowest BCUT2D eigenvalue weighted by Crippen LogP contribution is -2.27. The van der Waals surface area contributed by atoms with Gasteiger partial charge >= 0.3 is 0 Å². The van der Waals surface area contributed by atoms with Crippen molar-refractivity contribution in [2.75, 3.05) is 16.8 Å². The number of hydrogen-bond acceptors (Lipinski definition) is 9. The van der Waals surface area contributed by atoms with Gasteiger partial charge in [0.25, 0.3) is 15.9 Å². The first kappa shape index (κ1) is 24.8. The molecule has 3 aromatic rings. The van der Waals surface area contributed by atoms with Crippen LogP contribution >= 0.6 is 22.9 Å². The molecule has 35 heavy (non-hydrogen) atoms. The molecule has 1 amide bonds. The summed E-state index contributed by atoms with van der Waals surface area (Å²) in [5, 5.41) is 14.7. The molecule has 182 valence electrons. The third-order valence-electron chi connectivity index (χ3n) is 5.07. The van der Waals surface area contributed by atoms with Crippen LogP contribution in [-0.2, 0) is 21.2 Å². The highest BCUT2D eigenvalue weighted by Crippen LogP contribution is 2.32. The van der Waals surface area contributed by atoms with Gasteiger partial charge in [-0.05, 0) is 49.7 Å². The second kappa shape index (κ2) is 10.1. The third-order valence-corrected chi connectivity index (χ3v) is 7.85. The minimum absolute atomic E-state index is 0.0576. The number of halogens is 1. The molecular weight excluding hydrogens is 512 g/mol. The van der Waals surface area contributed by atoms with E-state index < -0.39 is 15.9 Å². The number of carbonyl (C=O) groups excluding carboxylic acids is 1. The number of ether oxygens (including phenoxy) is 1. The molecule has 2 heterocycles. The summed E-state index contributed by atoms with van der Waals surface area (Å²) in [6, 6.07) is 10.9. The predicted molar refractivity (Wildman–Crippen MR) is 137 cm³/mol. The number of nitrogens with one attached hydrogen (secondary N) is 1. The van der Waals surface area contributed by atoms with Crippen molar-refractivity contribution in [1.29, 1.82) is 0 Å². The number of amides is 1. The maximum absolute atomic E-state index is 13.0. The van der Waals surface area contributed by atoms with Crippen LogP contribution in [0.1, 0.15) is 18.9 Å². The molecule has 10 nitrogen and oxygen atoms in total. The molecule has 0 saturated carbocycles. The summed E-state index contributed by atoms with van der Waals surface area (Å²) in [6.45, 7) is 3.65. The van der Waals surface area contributed by atoms with Crippen LogP contribution in [0.2, 0.25) is 5.02 Å². The van der Waals surface area contributed by atoms with Gasteiger partial charge in [-0.3, -0.25) is 14.5 Å². The number of aromatic nitrogens is 2. The van der Waals surface area contributed by atoms with Crippen molar-refractivity contribution >= 4 is 67.3 Å². The average molecular weight is 533 g/mol. The number of aryl methyl sites for hydroxylation is 1. The number of carbonyl (C=O) groups is 1. The number of rotatable bonds is 8. The molecule has 0 aliphatic carbocycles. The van der Waals surface area contributed by atoms with E-state index in [0.717, 1.165) is 5.01 Å². The average Bonchev–Trinajstić information content (AvgIpc) is 3.41. The Bertz CT molecular complexity index is 1420. The standard InChI is InChI=1S/C22H21ClN6O4S2/c1-4-20-25-26-22(34-20)28-35(31,32)16-8-5-14(6-9-16)24-12-17-13(2)27-29(21(17)30)15-7-10-18(23)19(11-15)33-3/h5-12,17H,4H2,1-3H3,(H,26,28). The second-order valence-corrected chi connectivity index (χ2v) is 10.6. The van der Waals surface area contributed by atoms with Crippen LogP contribution in [0.25, 0.3) is 0 Å². The number of benzene rings is 2. The lowest BCUT2D eigenvalue weighted by atomic mass is 10.1. The Balaban J connectivity index is 1.46. The highest BCUT2D eigenvalue weighted by molar-refractivity contribution is 7.93. The Kier molecular flexibility index (Phi) is 7.15. The van der Waals surface area contributed by atoms with Crippen LogP contribution in [0.15, 0.2) is 57.5 Å². The van der Waals surface area contributed by atoms with E-state index in [9.17, 15) is 13.2 Å². The summed E-state index contributed by atoms with van der Waals surface area (Å²) >= 11 is 7.25. The quantitative estimate of drug-likeness (QED) is 0.431. The van der Waals surface area contributed by atoms with Gasteiger partial charge in [0.1, 0.15) is 16.7 Å². The number of methoxy groups -OCH3 is 1. The molecule has 0 spiro atoms. The Morgan fingerprint density at radius 1 is 1.23 bits per heavy atom. The first-order valence-corrected chi connectivity index (χ1v) is 13.1. The van der Waals surface area contributed by atoms with Crippen molar-refractivity contribution < 1.29 is 17.9 Å². The molecule has 0 radical (unpaired) electrons. The highest BCUT2D eigenvalue weighted by Gasteiger charge is 2.33. The molecule has 2 aromatic carbocycles. The van der Waals surface area contributed by atoms with E-state index in [4.69, 9.17) is 16.3 Å². The maximum Gasteiger partial charge on any atom is 0.263 e. The van der Waals surface area contributed by atoms with E-state index >= 15 is 0 Å². The van der Waals surface area contributed by atoms with E-state index in [-0.39, 0.29) is 15.9 Å². The zero-order valence-electron chi connectivity index (χ0n) is 19.0. The molecule has 1 unspecified atom stereocenters. The first-order chi connectivity index (χ1) is 16.7. The molecule has 0 bridgehead atoms. The Morgan fingerprint density at radius 2 is 1.97 bits per heavy atom. The Labute approximate surface area is 211 Å². The minimum Gasteiger partial charge on any atom is -0.495 e. The van der Waals surface area contributed by atoms with Crippen LogP contribution in [0.5, 0.6) is 5.75 Å². The summed E-state index contributed by atoms with van der Waals surface area (Å²) in [5.74, 6) is -0.502. The minimum atomic E-state index is -3.81. The number of hydrazone groups is 1. The lowest BCUT2D eigenvalue weighted by molar-refractivity contribution is -0.118. The summed E-state index contributed by atoms with van der Waals surface area (Å²) in [4.78, 5) is 17.4. The van der Waals surface area contributed by atoms with E-state index in [2.05, 4.69) is 25.0 Å². The number of hydrogen-bond donors (Lipinski definition) is 1. The monoisotopic (exact) mass is 532 g/mol. The van der Waals surface area contributed by atoms with Crippen LogP contribution < -0.4 is 14.5 Å². The fraction of sp³-hybridized carbons (Fsp3) is 0.227. The molecule has 0 fully saturated rings. The molecule has 1 aromatic heterocycles. The van der Waals surface area contributed by atoms with Crippen LogP contribution in [0.3, 0.4) is 0 Å². The van der Waals surface area contributed by atoms with E-state index in [0.29, 0.717) is 34.3 Å². The first-order valence-electron chi connectivity index (χ1n) is 10.4. The maximum atomic E-state index is 13.0. The summed E-state index contributed by atoms with van der Waals surface area (Å²) in [5.41, 5.74) is 1.58. The van der Waals surface area contributed by atoms with Gasteiger partial charge in [0.05, 0.1) is 34.1 Å². The SMILES string of the molecule is CCc1nnc(NS(=O)(=O)c2ccc(N=CC3C(=O)N(c4ccc(Cl)c(OC)c4)N=C3C)cc2)s1. The van der Waals surface area contributed by atoms with Crippen molar-refractivity contribution in [3.05, 3.63) is 52.5 Å². The molecule has 1 aliphatic heterocycles. The molecular formula is C22H21ClN6O4S2. The van der Waals surface area contributed by atoms with Gasteiger partial charge in [-0.15, -0.1) is 10.2 Å². The van der Waals surface area contributed by atoms with Gasteiger partial charge in [-0.2, -0.15) is 10.1 Å². The fourth-order valence-corrected chi connectivity index (χ4v) is 5.30. The van der Waals surface area contributed by atoms with Crippen molar-refractivity contribution in [2.24, 2.45) is 16.0 Å². The normalized spacial score (nSPS) is 16.1. The van der Waals surface area contributed by atoms with Gasteiger partial charge < -0.3 is 4.74 Å². The third kappa shape index (κ3) is 5.34. The molecule has 1 aliphatic rings. The Hall–Kier alpha value is -3.35. The zero-order valence-corrected chi connectivity index (χ0v) is 21.4. The second-order valence-electron chi connectivity index (χ2n) is 7.42. The van der Waals surface area contributed by atoms with Gasteiger partial charge in [-0.25, -0.2) is 8.42 Å². The Morgan fingerprint density at radius 3 is 2.63 bits per heavy atom. The van der Waals surface area contributed by atoms with E-state index in [1.54, 1.807) is 37.3 Å². The van der Waals surface area contributed by atoms with Crippen molar-refractivity contribution in [3.63, 3.8) is 0 Å². The van der Waals surface area contributed by atoms with E-state index in [1.165, 1.54) is 41.8 Å². The number of aliphatic imine (C=N–C) groups is 1. The molecule has 0 saturated heterocycles. The van der Waals surface area contributed by atoms with Gasteiger partial charge in [-0.1, -0.05) is 29.9 Å². The van der Waals surface area contributed by atoms with Crippen molar-refractivity contribution in [2.45, 2.75) is 25.2 Å². The number of nitrogens with zero attached hydrogens (tertiary/aromatic N) is 5. The van der Waals surface area contributed by atoms with Crippen molar-refractivity contribution in [1.82, 2.24) is 10.2 Å². The van der Waals surface area contributed by atoms with Gasteiger partial charge in [0.15, 0.2) is 0 Å². The van der Waals surface area contributed by atoms with Crippen LogP contribution in [0.4, 0.5) is 16.5 Å². The topological polar surface area (TPSA) is 126 Å². The largest absolute Gasteiger partial charge is 0.495 e. The van der Waals surface area contributed by atoms with Gasteiger partial charge in [0.2, 0.25) is 5.13 Å². The molecule has 1 atom stereocenters. The lowest BCUT2D eigenvalue weighted by Gasteiger charge is -2.14. The fourth-order valence-electron chi connectivity index (χ4n) is 3.20. The van der Waals surface area contributed by atoms with E-state index in [1.807, 2.05) is 6.92 Å². The summed E-state index contributed by atoms with van der Waals surface area (Å²) in [7, 11) is -2.32. The van der Waals surface area contributed by atoms with Crippen molar-refractivity contribution in [3.8, 4) is 5.75 Å². The summed E-state index contributed by atoms with van der Waals surface area (Å²) < 4.78 is 32.9. The predicted octanol–water partition coefficient (Wildman–Crippen LogP) is 4.30. The number of sulfonamides is 1. The number of anilines is 2. The summed E-state index contributed by atoms with van der Waals surface area (Å²) in [6.07, 6.45) is 2.16. The molecule has 1 N–H and O–H groups in total. The molecule has 13 heteroatoms. The molecule has 4 rings (SSSR count). The van der Waals surface area contributed by atoms with Crippen LogP contribution in [-0.4, -0.2) is 43.6 Å². The highest BCUT2D eigenvalue weighted by atomic mass is 35.5. The zero-order chi connectivity index (χ0) is 25.2. The smallest absolute Gasteiger partial charge is 0.263 e.